The van der Waals surface area contributed by atoms with E-state index in [2.05, 4.69) is 4.98 Å². The molecule has 1 fully saturated rings. The Hall–Kier alpha value is -0.710. The highest BCUT2D eigenvalue weighted by Gasteiger charge is 2.25. The first kappa shape index (κ1) is 10.8. The SMILES string of the molecule is NC1CCN(C(=O)c2cc(Cl)c(Cl)[nH]2)C1. The summed E-state index contributed by atoms with van der Waals surface area (Å²) < 4.78 is 0. The van der Waals surface area contributed by atoms with E-state index in [1.54, 1.807) is 4.90 Å². The molecule has 3 N–H and O–H groups in total. The number of amides is 1. The first-order chi connectivity index (χ1) is 7.08. The first-order valence-corrected chi connectivity index (χ1v) is 5.42. The van der Waals surface area contributed by atoms with E-state index in [1.165, 1.54) is 6.07 Å². The van der Waals surface area contributed by atoms with E-state index in [0.29, 0.717) is 29.0 Å². The van der Waals surface area contributed by atoms with Gasteiger partial charge in [-0.2, -0.15) is 0 Å². The van der Waals surface area contributed by atoms with Gasteiger partial charge in [-0.05, 0) is 12.5 Å². The van der Waals surface area contributed by atoms with Crippen molar-refractivity contribution < 1.29 is 4.79 Å². The largest absolute Gasteiger partial charge is 0.340 e. The molecule has 0 spiro atoms. The number of carbonyl (C=O) groups excluding carboxylic acids is 1. The van der Waals surface area contributed by atoms with E-state index in [4.69, 9.17) is 28.9 Å². The average molecular weight is 248 g/mol. The number of nitrogens with zero attached hydrogens (tertiary/aromatic N) is 1. The molecule has 0 saturated carbocycles. The molecular weight excluding hydrogens is 237 g/mol. The Morgan fingerprint density at radius 1 is 1.60 bits per heavy atom. The van der Waals surface area contributed by atoms with Crippen LogP contribution in [0.1, 0.15) is 16.9 Å². The quantitative estimate of drug-likeness (QED) is 0.790. The van der Waals surface area contributed by atoms with E-state index in [9.17, 15) is 4.79 Å². The molecule has 6 heteroatoms. The number of H-pyrrole nitrogens is 1. The molecule has 1 atom stereocenters. The number of hydrogen-bond donors (Lipinski definition) is 2. The molecule has 1 aliphatic heterocycles. The maximum Gasteiger partial charge on any atom is 0.270 e. The first-order valence-electron chi connectivity index (χ1n) is 4.67. The molecule has 0 radical (unpaired) electrons. The smallest absolute Gasteiger partial charge is 0.270 e. The predicted molar refractivity (Wildman–Crippen MR) is 59.3 cm³/mol. The predicted octanol–water partition coefficient (Wildman–Crippen LogP) is 1.49. The summed E-state index contributed by atoms with van der Waals surface area (Å²) in [5, 5.41) is 0.659. The standard InChI is InChI=1S/C9H11Cl2N3O/c10-6-3-7(13-8(6)11)9(15)14-2-1-5(12)4-14/h3,5,13H,1-2,4,12H2. The van der Waals surface area contributed by atoms with Crippen LogP contribution in [0.3, 0.4) is 0 Å². The van der Waals surface area contributed by atoms with Gasteiger partial charge in [0.15, 0.2) is 0 Å². The van der Waals surface area contributed by atoms with E-state index in [0.717, 1.165) is 6.42 Å². The fraction of sp³-hybridized carbons (Fsp3) is 0.444. The second-order valence-electron chi connectivity index (χ2n) is 3.64. The van der Waals surface area contributed by atoms with Gasteiger partial charge in [-0.3, -0.25) is 4.79 Å². The zero-order chi connectivity index (χ0) is 11.0. The summed E-state index contributed by atoms with van der Waals surface area (Å²) in [6.07, 6.45) is 0.841. The van der Waals surface area contributed by atoms with E-state index >= 15 is 0 Å². The molecule has 0 aliphatic carbocycles. The molecule has 82 valence electrons. The molecule has 2 heterocycles. The fourth-order valence-electron chi connectivity index (χ4n) is 1.66. The average Bonchev–Trinajstić information content (AvgIpc) is 2.74. The summed E-state index contributed by atoms with van der Waals surface area (Å²) in [5.74, 6) is -0.100. The topological polar surface area (TPSA) is 62.1 Å². The number of likely N-dealkylation sites (tertiary alicyclic amines) is 1. The third-order valence-electron chi connectivity index (χ3n) is 2.47. The van der Waals surface area contributed by atoms with Crippen LogP contribution in [-0.2, 0) is 0 Å². The lowest BCUT2D eigenvalue weighted by Gasteiger charge is -2.14. The number of nitrogens with two attached hydrogens (primary N) is 1. The molecule has 4 nitrogen and oxygen atoms in total. The van der Waals surface area contributed by atoms with Crippen molar-refractivity contribution in [1.82, 2.24) is 9.88 Å². The van der Waals surface area contributed by atoms with Crippen molar-refractivity contribution in [3.05, 3.63) is 21.9 Å². The number of carbonyl (C=O) groups is 1. The fourth-order valence-corrected chi connectivity index (χ4v) is 1.97. The van der Waals surface area contributed by atoms with Gasteiger partial charge >= 0.3 is 0 Å². The minimum Gasteiger partial charge on any atom is -0.340 e. The summed E-state index contributed by atoms with van der Waals surface area (Å²) in [4.78, 5) is 16.3. The highest BCUT2D eigenvalue weighted by atomic mass is 35.5. The lowest BCUT2D eigenvalue weighted by atomic mass is 10.3. The number of halogens is 2. The number of hydrogen-bond acceptors (Lipinski definition) is 2. The van der Waals surface area contributed by atoms with Gasteiger partial charge in [-0.25, -0.2) is 0 Å². The van der Waals surface area contributed by atoms with Crippen LogP contribution in [-0.4, -0.2) is 34.9 Å². The lowest BCUT2D eigenvalue weighted by Crippen LogP contribution is -2.32. The Morgan fingerprint density at radius 2 is 2.33 bits per heavy atom. The number of aromatic nitrogens is 1. The Balaban J connectivity index is 2.14. The monoisotopic (exact) mass is 247 g/mol. The van der Waals surface area contributed by atoms with Gasteiger partial charge in [0.05, 0.1) is 5.02 Å². The van der Waals surface area contributed by atoms with Crippen LogP contribution in [0.5, 0.6) is 0 Å². The van der Waals surface area contributed by atoms with Crippen molar-refractivity contribution in [2.75, 3.05) is 13.1 Å². The third-order valence-corrected chi connectivity index (χ3v) is 3.16. The minimum absolute atomic E-state index is 0.0786. The van der Waals surface area contributed by atoms with Gasteiger partial charge in [-0.1, -0.05) is 23.2 Å². The maximum atomic E-state index is 11.9. The molecular formula is C9H11Cl2N3O. The van der Waals surface area contributed by atoms with Crippen molar-refractivity contribution in [3.63, 3.8) is 0 Å². The van der Waals surface area contributed by atoms with Gasteiger partial charge in [0.1, 0.15) is 10.8 Å². The van der Waals surface area contributed by atoms with Crippen LogP contribution in [0.15, 0.2) is 6.07 Å². The van der Waals surface area contributed by atoms with Crippen LogP contribution >= 0.6 is 23.2 Å². The lowest BCUT2D eigenvalue weighted by molar-refractivity contribution is 0.0786. The van der Waals surface area contributed by atoms with Gasteiger partial charge in [-0.15, -0.1) is 0 Å². The Labute approximate surface area is 97.3 Å². The van der Waals surface area contributed by atoms with Gasteiger partial charge in [0.2, 0.25) is 0 Å². The second kappa shape index (κ2) is 4.04. The number of aromatic amines is 1. The van der Waals surface area contributed by atoms with Crippen LogP contribution in [0, 0.1) is 0 Å². The minimum atomic E-state index is -0.100. The normalized spacial score (nSPS) is 21.0. The van der Waals surface area contributed by atoms with E-state index < -0.39 is 0 Å². The van der Waals surface area contributed by atoms with Crippen molar-refractivity contribution in [1.29, 1.82) is 0 Å². The van der Waals surface area contributed by atoms with Gasteiger partial charge in [0.25, 0.3) is 5.91 Å². The van der Waals surface area contributed by atoms with E-state index in [-0.39, 0.29) is 11.9 Å². The summed E-state index contributed by atoms with van der Waals surface area (Å²) in [7, 11) is 0. The third kappa shape index (κ3) is 2.12. The molecule has 1 aromatic heterocycles. The summed E-state index contributed by atoms with van der Waals surface area (Å²) in [6, 6.07) is 1.62. The van der Waals surface area contributed by atoms with Crippen molar-refractivity contribution >= 4 is 29.1 Å². The van der Waals surface area contributed by atoms with Crippen LogP contribution in [0.4, 0.5) is 0 Å². The molecule has 0 aromatic carbocycles. The van der Waals surface area contributed by atoms with Crippen LogP contribution in [0.25, 0.3) is 0 Å². The molecule has 0 bridgehead atoms. The van der Waals surface area contributed by atoms with Crippen molar-refractivity contribution in [2.24, 2.45) is 5.73 Å². The maximum absolute atomic E-state index is 11.9. The van der Waals surface area contributed by atoms with Crippen molar-refractivity contribution in [2.45, 2.75) is 12.5 Å². The molecule has 1 amide bonds. The molecule has 1 saturated heterocycles. The van der Waals surface area contributed by atoms with Crippen LogP contribution in [0.2, 0.25) is 10.2 Å². The zero-order valence-corrected chi connectivity index (χ0v) is 9.48. The van der Waals surface area contributed by atoms with Crippen LogP contribution < -0.4 is 5.73 Å². The summed E-state index contributed by atoms with van der Waals surface area (Å²) >= 11 is 11.5. The summed E-state index contributed by atoms with van der Waals surface area (Å²) in [5.41, 5.74) is 6.14. The zero-order valence-electron chi connectivity index (χ0n) is 7.96. The number of rotatable bonds is 1. The molecule has 15 heavy (non-hydrogen) atoms. The summed E-state index contributed by atoms with van der Waals surface area (Å²) in [6.45, 7) is 1.28. The second-order valence-corrected chi connectivity index (χ2v) is 4.43. The van der Waals surface area contributed by atoms with Gasteiger partial charge < -0.3 is 15.6 Å². The van der Waals surface area contributed by atoms with Crippen molar-refractivity contribution in [3.8, 4) is 0 Å². The molecule has 1 aromatic rings. The Morgan fingerprint density at radius 3 is 2.80 bits per heavy atom. The Bertz CT molecular complexity index is 371. The number of nitrogens with one attached hydrogen (secondary N) is 1. The molecule has 1 unspecified atom stereocenters. The Kier molecular flexibility index (Phi) is 2.91. The highest BCUT2D eigenvalue weighted by Crippen LogP contribution is 2.23. The van der Waals surface area contributed by atoms with E-state index in [1.807, 2.05) is 0 Å². The highest BCUT2D eigenvalue weighted by molar-refractivity contribution is 6.41. The molecule has 2 rings (SSSR count). The molecule has 1 aliphatic rings. The van der Waals surface area contributed by atoms with Gasteiger partial charge in [0, 0.05) is 19.1 Å².